The maximum absolute atomic E-state index is 12.0. The minimum Gasteiger partial charge on any atom is -0.466 e. The SMILES string of the molecule is CCOC(=O)C1CCN(C(=NC)NCC(Cc2ccccc2)N(CC)CC)CC1.I. The van der Waals surface area contributed by atoms with Gasteiger partial charge in [0.15, 0.2) is 5.96 Å². The molecular weight excluding hydrogens is 491 g/mol. The van der Waals surface area contributed by atoms with E-state index in [1.54, 1.807) is 0 Å². The van der Waals surface area contributed by atoms with E-state index in [1.165, 1.54) is 5.56 Å². The number of hydrogen-bond donors (Lipinski definition) is 1. The van der Waals surface area contributed by atoms with Gasteiger partial charge in [0.1, 0.15) is 0 Å². The second kappa shape index (κ2) is 14.6. The molecule has 1 aliphatic rings. The number of nitrogens with zero attached hydrogens (tertiary/aromatic N) is 3. The fourth-order valence-electron chi connectivity index (χ4n) is 4.09. The fraction of sp³-hybridized carbons (Fsp3) is 0.652. The van der Waals surface area contributed by atoms with E-state index >= 15 is 0 Å². The Bertz CT molecular complexity index is 629. The van der Waals surface area contributed by atoms with Gasteiger partial charge in [-0.15, -0.1) is 24.0 Å². The number of likely N-dealkylation sites (N-methyl/N-ethyl adjacent to an activating group) is 1. The Hall–Kier alpha value is -1.35. The molecule has 0 spiro atoms. The molecule has 1 unspecified atom stereocenters. The minimum absolute atomic E-state index is 0. The van der Waals surface area contributed by atoms with Crippen LogP contribution in [0, 0.1) is 5.92 Å². The van der Waals surface area contributed by atoms with Crippen LogP contribution in [0.1, 0.15) is 39.2 Å². The van der Waals surface area contributed by atoms with Crippen molar-refractivity contribution in [3.63, 3.8) is 0 Å². The Morgan fingerprint density at radius 2 is 1.83 bits per heavy atom. The van der Waals surface area contributed by atoms with Crippen LogP contribution in [0.4, 0.5) is 0 Å². The molecule has 7 heteroatoms. The topological polar surface area (TPSA) is 57.2 Å². The van der Waals surface area contributed by atoms with Crippen molar-refractivity contribution >= 4 is 35.9 Å². The molecule has 0 saturated carbocycles. The van der Waals surface area contributed by atoms with Gasteiger partial charge in [-0.05, 0) is 44.8 Å². The van der Waals surface area contributed by atoms with E-state index in [9.17, 15) is 4.79 Å². The first-order chi connectivity index (χ1) is 14.1. The zero-order chi connectivity index (χ0) is 21.1. The largest absolute Gasteiger partial charge is 0.466 e. The number of hydrogen-bond acceptors (Lipinski definition) is 4. The van der Waals surface area contributed by atoms with Crippen molar-refractivity contribution in [3.05, 3.63) is 35.9 Å². The van der Waals surface area contributed by atoms with Gasteiger partial charge in [0.25, 0.3) is 0 Å². The predicted molar refractivity (Wildman–Crippen MR) is 135 cm³/mol. The monoisotopic (exact) mass is 530 g/mol. The van der Waals surface area contributed by atoms with Crippen LogP contribution in [0.15, 0.2) is 35.3 Å². The number of likely N-dealkylation sites (tertiary alicyclic amines) is 1. The Balaban J connectivity index is 0.00000450. The molecule has 0 radical (unpaired) electrons. The Labute approximate surface area is 199 Å². The predicted octanol–water partition coefficient (Wildman–Crippen LogP) is 3.41. The zero-order valence-electron chi connectivity index (χ0n) is 19.0. The number of halogens is 1. The van der Waals surface area contributed by atoms with Gasteiger partial charge >= 0.3 is 5.97 Å². The number of guanidine groups is 1. The highest BCUT2D eigenvalue weighted by Gasteiger charge is 2.27. The number of rotatable bonds is 9. The van der Waals surface area contributed by atoms with E-state index < -0.39 is 0 Å². The lowest BCUT2D eigenvalue weighted by Gasteiger charge is -2.35. The lowest BCUT2D eigenvalue weighted by atomic mass is 9.97. The number of nitrogens with one attached hydrogen (secondary N) is 1. The molecule has 0 amide bonds. The molecule has 1 aromatic rings. The van der Waals surface area contributed by atoms with Crippen LogP contribution >= 0.6 is 24.0 Å². The summed E-state index contributed by atoms with van der Waals surface area (Å²) in [7, 11) is 1.84. The van der Waals surface area contributed by atoms with Crippen molar-refractivity contribution in [1.29, 1.82) is 0 Å². The molecule has 0 aromatic heterocycles. The molecular formula is C23H39IN4O2. The Kier molecular flexibility index (Phi) is 13.0. The van der Waals surface area contributed by atoms with Gasteiger partial charge in [0, 0.05) is 32.7 Å². The van der Waals surface area contributed by atoms with Gasteiger partial charge < -0.3 is 15.0 Å². The summed E-state index contributed by atoms with van der Waals surface area (Å²) < 4.78 is 5.18. The minimum atomic E-state index is -0.0560. The van der Waals surface area contributed by atoms with Crippen LogP contribution in [0.3, 0.4) is 0 Å². The summed E-state index contributed by atoms with van der Waals surface area (Å²) in [6.07, 6.45) is 2.66. The van der Waals surface area contributed by atoms with Gasteiger partial charge in [0.2, 0.25) is 0 Å². The average molecular weight is 530 g/mol. The summed E-state index contributed by atoms with van der Waals surface area (Å²) in [6, 6.07) is 11.1. The van der Waals surface area contributed by atoms with Crippen molar-refractivity contribution in [2.45, 2.75) is 46.1 Å². The average Bonchev–Trinajstić information content (AvgIpc) is 2.76. The molecule has 0 bridgehead atoms. The van der Waals surface area contributed by atoms with Crippen molar-refractivity contribution in [2.24, 2.45) is 10.9 Å². The molecule has 1 heterocycles. The molecule has 1 fully saturated rings. The van der Waals surface area contributed by atoms with Crippen LogP contribution in [-0.4, -0.2) is 74.1 Å². The molecule has 2 rings (SSSR count). The molecule has 1 saturated heterocycles. The molecule has 1 N–H and O–H groups in total. The summed E-state index contributed by atoms with van der Waals surface area (Å²) in [5, 5.41) is 3.60. The molecule has 30 heavy (non-hydrogen) atoms. The maximum atomic E-state index is 12.0. The van der Waals surface area contributed by atoms with E-state index in [0.717, 1.165) is 57.9 Å². The molecule has 1 aliphatic heterocycles. The maximum Gasteiger partial charge on any atom is 0.309 e. The highest BCUT2D eigenvalue weighted by atomic mass is 127. The number of ether oxygens (including phenoxy) is 1. The molecule has 0 aliphatic carbocycles. The number of piperidine rings is 1. The highest BCUT2D eigenvalue weighted by molar-refractivity contribution is 14.0. The summed E-state index contributed by atoms with van der Waals surface area (Å²) in [6.45, 7) is 11.3. The third kappa shape index (κ3) is 8.06. The third-order valence-electron chi connectivity index (χ3n) is 5.76. The van der Waals surface area contributed by atoms with Gasteiger partial charge in [0.05, 0.1) is 12.5 Å². The van der Waals surface area contributed by atoms with Gasteiger partial charge in [-0.1, -0.05) is 44.2 Å². The fourth-order valence-corrected chi connectivity index (χ4v) is 4.09. The number of benzene rings is 1. The van der Waals surface area contributed by atoms with Crippen molar-refractivity contribution in [1.82, 2.24) is 15.1 Å². The number of esters is 1. The molecule has 170 valence electrons. The second-order valence-electron chi connectivity index (χ2n) is 7.51. The summed E-state index contributed by atoms with van der Waals surface area (Å²) in [4.78, 5) is 21.2. The van der Waals surface area contributed by atoms with Crippen molar-refractivity contribution in [2.75, 3.05) is 46.4 Å². The van der Waals surface area contributed by atoms with E-state index in [-0.39, 0.29) is 35.9 Å². The van der Waals surface area contributed by atoms with E-state index in [2.05, 4.69) is 64.3 Å². The quantitative estimate of drug-likeness (QED) is 0.230. The van der Waals surface area contributed by atoms with Crippen LogP contribution in [0.25, 0.3) is 0 Å². The number of carbonyl (C=O) groups excluding carboxylic acids is 1. The smallest absolute Gasteiger partial charge is 0.309 e. The summed E-state index contributed by atoms with van der Waals surface area (Å²) in [5.74, 6) is 0.892. The molecule has 1 aromatic carbocycles. The first-order valence-corrected chi connectivity index (χ1v) is 11.0. The number of carbonyl (C=O) groups is 1. The standard InChI is InChI=1S/C23H38N4O2.HI/c1-5-26(6-2)21(17-19-11-9-8-10-12-19)18-25-23(24-4)27-15-13-20(14-16-27)22(28)29-7-3;/h8-12,20-21H,5-7,13-18H2,1-4H3,(H,24,25);1H. The normalized spacial score (nSPS) is 16.2. The molecule has 1 atom stereocenters. The molecule has 6 nitrogen and oxygen atoms in total. The Morgan fingerprint density at radius 3 is 2.37 bits per heavy atom. The summed E-state index contributed by atoms with van der Waals surface area (Å²) in [5.41, 5.74) is 1.36. The Morgan fingerprint density at radius 1 is 1.20 bits per heavy atom. The highest BCUT2D eigenvalue weighted by Crippen LogP contribution is 2.19. The lowest BCUT2D eigenvalue weighted by Crippen LogP contribution is -2.51. The first-order valence-electron chi connectivity index (χ1n) is 11.0. The zero-order valence-corrected chi connectivity index (χ0v) is 21.3. The van der Waals surface area contributed by atoms with Crippen LogP contribution in [-0.2, 0) is 16.0 Å². The second-order valence-corrected chi connectivity index (χ2v) is 7.51. The number of aliphatic imine (C=N–C) groups is 1. The first kappa shape index (κ1) is 26.7. The van der Waals surface area contributed by atoms with E-state index in [4.69, 9.17) is 4.74 Å². The van der Waals surface area contributed by atoms with E-state index in [0.29, 0.717) is 12.6 Å². The summed E-state index contributed by atoms with van der Waals surface area (Å²) >= 11 is 0. The van der Waals surface area contributed by atoms with E-state index in [1.807, 2.05) is 14.0 Å². The van der Waals surface area contributed by atoms with Crippen molar-refractivity contribution < 1.29 is 9.53 Å². The lowest BCUT2D eigenvalue weighted by molar-refractivity contribution is -0.149. The van der Waals surface area contributed by atoms with Gasteiger partial charge in [-0.25, -0.2) is 0 Å². The van der Waals surface area contributed by atoms with Crippen LogP contribution in [0.5, 0.6) is 0 Å². The van der Waals surface area contributed by atoms with Crippen molar-refractivity contribution in [3.8, 4) is 0 Å². The van der Waals surface area contributed by atoms with Gasteiger partial charge in [-0.3, -0.25) is 14.7 Å². The third-order valence-corrected chi connectivity index (χ3v) is 5.76. The van der Waals surface area contributed by atoms with Crippen LogP contribution < -0.4 is 5.32 Å². The van der Waals surface area contributed by atoms with Crippen LogP contribution in [0.2, 0.25) is 0 Å². The van der Waals surface area contributed by atoms with Gasteiger partial charge in [-0.2, -0.15) is 0 Å².